The molecule has 0 fully saturated rings. The number of hydrogen-bond acceptors (Lipinski definition) is 8. The number of aromatic nitrogens is 1. The minimum absolute atomic E-state index is 0.0769. The lowest BCUT2D eigenvalue weighted by Crippen LogP contribution is -2.41. The van der Waals surface area contributed by atoms with Crippen LogP contribution >= 0.6 is 0 Å². The van der Waals surface area contributed by atoms with Gasteiger partial charge in [-0.3, -0.25) is 14.9 Å². The fourth-order valence-electron chi connectivity index (χ4n) is 4.60. The summed E-state index contributed by atoms with van der Waals surface area (Å²) >= 11 is 0. The SMILES string of the molecule is CCOC(=O)CC1CN(Cc2ccccc2)c2cc3c(cc2O1)c(C=C[N+](=O)[O-])c(C(=O)OCC)n3C. The predicted molar refractivity (Wildman–Crippen MR) is 138 cm³/mol. The van der Waals surface area contributed by atoms with E-state index in [9.17, 15) is 19.7 Å². The molecule has 37 heavy (non-hydrogen) atoms. The van der Waals surface area contributed by atoms with Crippen LogP contribution in [0, 0.1) is 10.1 Å². The highest BCUT2D eigenvalue weighted by atomic mass is 16.6. The van der Waals surface area contributed by atoms with Crippen molar-refractivity contribution in [2.75, 3.05) is 24.7 Å². The first-order valence-corrected chi connectivity index (χ1v) is 12.1. The third-order valence-corrected chi connectivity index (χ3v) is 6.13. The van der Waals surface area contributed by atoms with Gasteiger partial charge in [-0.05, 0) is 31.5 Å². The Labute approximate surface area is 214 Å². The van der Waals surface area contributed by atoms with E-state index >= 15 is 0 Å². The van der Waals surface area contributed by atoms with E-state index < -0.39 is 17.0 Å². The smallest absolute Gasteiger partial charge is 0.355 e. The van der Waals surface area contributed by atoms with E-state index in [0.717, 1.165) is 17.5 Å². The Morgan fingerprint density at radius 1 is 1.16 bits per heavy atom. The number of rotatable bonds is 9. The number of aryl methyl sites for hydroxylation is 1. The number of ether oxygens (including phenoxy) is 3. The molecule has 0 saturated heterocycles. The molecule has 1 aromatic heterocycles. The Hall–Kier alpha value is -4.34. The summed E-state index contributed by atoms with van der Waals surface area (Å²) in [4.78, 5) is 37.7. The lowest BCUT2D eigenvalue weighted by atomic mass is 10.1. The first-order chi connectivity index (χ1) is 17.8. The molecule has 1 unspecified atom stereocenters. The molecule has 0 amide bonds. The van der Waals surface area contributed by atoms with Crippen LogP contribution in [-0.4, -0.2) is 47.3 Å². The monoisotopic (exact) mass is 507 g/mol. The van der Waals surface area contributed by atoms with Gasteiger partial charge >= 0.3 is 11.9 Å². The van der Waals surface area contributed by atoms with Crippen LogP contribution < -0.4 is 9.64 Å². The van der Waals surface area contributed by atoms with Crippen molar-refractivity contribution in [1.29, 1.82) is 0 Å². The van der Waals surface area contributed by atoms with Gasteiger partial charge in [-0.15, -0.1) is 0 Å². The van der Waals surface area contributed by atoms with Gasteiger partial charge in [-0.1, -0.05) is 30.3 Å². The molecule has 2 heterocycles. The van der Waals surface area contributed by atoms with Gasteiger partial charge in [0.05, 0.1) is 42.3 Å². The Balaban J connectivity index is 1.85. The van der Waals surface area contributed by atoms with Gasteiger partial charge < -0.3 is 23.7 Å². The van der Waals surface area contributed by atoms with Gasteiger partial charge in [0.2, 0.25) is 6.20 Å². The summed E-state index contributed by atoms with van der Waals surface area (Å²) in [6.45, 7) is 4.93. The average Bonchev–Trinajstić information content (AvgIpc) is 3.13. The molecule has 10 heteroatoms. The zero-order valence-corrected chi connectivity index (χ0v) is 21.0. The predicted octanol–water partition coefficient (Wildman–Crippen LogP) is 4.32. The molecule has 0 bridgehead atoms. The lowest BCUT2D eigenvalue weighted by molar-refractivity contribution is -0.400. The van der Waals surface area contributed by atoms with Crippen LogP contribution in [0.1, 0.15) is 41.9 Å². The third kappa shape index (κ3) is 5.58. The summed E-state index contributed by atoms with van der Waals surface area (Å²) in [5.41, 5.74) is 3.13. The fourth-order valence-corrected chi connectivity index (χ4v) is 4.60. The second-order valence-electron chi connectivity index (χ2n) is 8.60. The Morgan fingerprint density at radius 3 is 2.57 bits per heavy atom. The molecule has 0 radical (unpaired) electrons. The summed E-state index contributed by atoms with van der Waals surface area (Å²) in [7, 11) is 1.72. The van der Waals surface area contributed by atoms with Gasteiger partial charge in [0, 0.05) is 30.6 Å². The highest BCUT2D eigenvalue weighted by molar-refractivity contribution is 6.04. The average molecular weight is 508 g/mol. The quantitative estimate of drug-likeness (QED) is 0.239. The maximum absolute atomic E-state index is 12.8. The van der Waals surface area contributed by atoms with E-state index in [-0.39, 0.29) is 31.3 Å². The minimum Gasteiger partial charge on any atom is -0.486 e. The molecule has 3 aromatic rings. The van der Waals surface area contributed by atoms with Crippen molar-refractivity contribution in [3.63, 3.8) is 0 Å². The maximum atomic E-state index is 12.8. The number of benzene rings is 2. The van der Waals surface area contributed by atoms with Crippen molar-refractivity contribution in [2.45, 2.75) is 32.9 Å². The van der Waals surface area contributed by atoms with Gasteiger partial charge in [-0.25, -0.2) is 4.79 Å². The maximum Gasteiger partial charge on any atom is 0.355 e. The van der Waals surface area contributed by atoms with Crippen molar-refractivity contribution in [3.05, 3.63) is 75.6 Å². The van der Waals surface area contributed by atoms with Crippen LogP contribution in [0.5, 0.6) is 5.75 Å². The van der Waals surface area contributed by atoms with E-state index in [0.29, 0.717) is 35.3 Å². The van der Waals surface area contributed by atoms with Crippen LogP contribution in [0.2, 0.25) is 0 Å². The molecule has 0 N–H and O–H groups in total. The van der Waals surface area contributed by atoms with Crippen LogP contribution in [0.15, 0.2) is 48.7 Å². The molecular formula is C27H29N3O7. The first-order valence-electron chi connectivity index (χ1n) is 12.1. The Bertz CT molecular complexity index is 1350. The van der Waals surface area contributed by atoms with Gasteiger partial charge in [0.1, 0.15) is 17.5 Å². The normalized spacial score (nSPS) is 14.9. The Kier molecular flexibility index (Phi) is 7.76. The second-order valence-corrected chi connectivity index (χ2v) is 8.60. The summed E-state index contributed by atoms with van der Waals surface area (Å²) in [6, 6.07) is 13.6. The lowest BCUT2D eigenvalue weighted by Gasteiger charge is -2.36. The number of carbonyl (C=O) groups excluding carboxylic acids is 2. The van der Waals surface area contributed by atoms with Crippen LogP contribution in [-0.2, 0) is 27.9 Å². The molecule has 2 aromatic carbocycles. The van der Waals surface area contributed by atoms with E-state index in [1.165, 1.54) is 6.08 Å². The van der Waals surface area contributed by atoms with Crippen LogP contribution in [0.4, 0.5) is 5.69 Å². The molecule has 10 nitrogen and oxygen atoms in total. The highest BCUT2D eigenvalue weighted by Crippen LogP contribution is 2.41. The summed E-state index contributed by atoms with van der Waals surface area (Å²) in [6.07, 6.45) is 1.71. The summed E-state index contributed by atoms with van der Waals surface area (Å²) in [5.74, 6) is -0.416. The van der Waals surface area contributed by atoms with Gasteiger partial charge in [0.25, 0.3) is 0 Å². The van der Waals surface area contributed by atoms with E-state index in [1.807, 2.05) is 36.4 Å². The number of fused-ring (bicyclic) bond motifs is 2. The van der Waals surface area contributed by atoms with Gasteiger partial charge in [0.15, 0.2) is 0 Å². The summed E-state index contributed by atoms with van der Waals surface area (Å²) in [5, 5.41) is 11.7. The van der Waals surface area contributed by atoms with Crippen molar-refractivity contribution in [3.8, 4) is 5.75 Å². The van der Waals surface area contributed by atoms with Gasteiger partial charge in [-0.2, -0.15) is 0 Å². The number of nitrogens with zero attached hydrogens (tertiary/aromatic N) is 3. The topological polar surface area (TPSA) is 113 Å². The fraction of sp³-hybridized carbons (Fsp3) is 0.333. The third-order valence-electron chi connectivity index (χ3n) is 6.13. The molecule has 0 saturated carbocycles. The zero-order valence-electron chi connectivity index (χ0n) is 21.0. The van der Waals surface area contributed by atoms with E-state index in [1.54, 1.807) is 31.5 Å². The summed E-state index contributed by atoms with van der Waals surface area (Å²) < 4.78 is 18.3. The van der Waals surface area contributed by atoms with Crippen molar-refractivity contribution < 1.29 is 28.7 Å². The zero-order chi connectivity index (χ0) is 26.5. The van der Waals surface area contributed by atoms with Crippen molar-refractivity contribution in [2.24, 2.45) is 7.05 Å². The van der Waals surface area contributed by atoms with Crippen LogP contribution in [0.25, 0.3) is 17.0 Å². The van der Waals surface area contributed by atoms with Crippen LogP contribution in [0.3, 0.4) is 0 Å². The largest absolute Gasteiger partial charge is 0.486 e. The molecule has 4 rings (SSSR count). The molecule has 1 atom stereocenters. The number of anilines is 1. The molecule has 0 aliphatic carbocycles. The van der Waals surface area contributed by atoms with Crippen molar-refractivity contribution >= 4 is 34.6 Å². The molecule has 1 aliphatic rings. The number of nitro groups is 1. The molecule has 194 valence electrons. The second kappa shape index (κ2) is 11.2. The molecular weight excluding hydrogens is 478 g/mol. The standard InChI is InChI=1S/C27H29N3O7/c1-4-35-25(31)13-19-17-29(16-18-9-7-6-8-10-18)23-15-22-21(14-24(23)37-19)20(11-12-30(33)34)26(28(22)3)27(32)36-5-2/h6-12,14-15,19H,4-5,13,16-17H2,1-3H3. The highest BCUT2D eigenvalue weighted by Gasteiger charge is 2.31. The molecule has 1 aliphatic heterocycles. The first kappa shape index (κ1) is 25.7. The Morgan fingerprint density at radius 2 is 1.89 bits per heavy atom. The van der Waals surface area contributed by atoms with E-state index in [2.05, 4.69) is 4.90 Å². The van der Waals surface area contributed by atoms with Crippen molar-refractivity contribution in [1.82, 2.24) is 4.57 Å². The molecule has 0 spiro atoms. The van der Waals surface area contributed by atoms with E-state index in [4.69, 9.17) is 14.2 Å². The number of esters is 2. The minimum atomic E-state index is -0.584. The number of carbonyl (C=O) groups is 2. The number of hydrogen-bond donors (Lipinski definition) is 0.